The maximum Gasteiger partial charge on any atom is 0.124 e. The molecule has 1 aromatic rings. The molecule has 0 aliphatic rings. The second kappa shape index (κ2) is 7.65. The van der Waals surface area contributed by atoms with E-state index in [2.05, 4.69) is 45.1 Å². The van der Waals surface area contributed by atoms with Gasteiger partial charge in [-0.05, 0) is 48.9 Å². The minimum absolute atomic E-state index is 0.155. The van der Waals surface area contributed by atoms with E-state index in [0.29, 0.717) is 0 Å². The summed E-state index contributed by atoms with van der Waals surface area (Å²) in [4.78, 5) is 0. The van der Waals surface area contributed by atoms with E-state index < -0.39 is 0 Å². The van der Waals surface area contributed by atoms with Crippen LogP contribution < -0.4 is 10.1 Å². The number of ether oxygens (including phenoxy) is 2. The van der Waals surface area contributed by atoms with Gasteiger partial charge in [0.25, 0.3) is 0 Å². The molecule has 0 aliphatic heterocycles. The lowest BCUT2D eigenvalue weighted by molar-refractivity contribution is 0.198. The molecule has 0 heterocycles. The summed E-state index contributed by atoms with van der Waals surface area (Å²) in [5.41, 5.74) is 3.95. The molecule has 114 valence electrons. The molecule has 0 atom stereocenters. The summed E-state index contributed by atoms with van der Waals surface area (Å²) in [6.45, 7) is 11.5. The number of methoxy groups -OCH3 is 2. The van der Waals surface area contributed by atoms with Crippen molar-refractivity contribution in [2.45, 2.75) is 39.5 Å². The standard InChI is InChI=1S/C17H29NO2/c1-13-11-15(12-14(2)16(13)20-6)17(3,4)7-8-18-9-10-19-5/h11-12,18H,7-10H2,1-6H3. The molecule has 0 spiro atoms. The highest BCUT2D eigenvalue weighted by Gasteiger charge is 2.21. The van der Waals surface area contributed by atoms with Crippen molar-refractivity contribution in [2.75, 3.05) is 33.9 Å². The fraction of sp³-hybridized carbons (Fsp3) is 0.647. The van der Waals surface area contributed by atoms with Crippen LogP contribution >= 0.6 is 0 Å². The molecule has 0 aliphatic carbocycles. The van der Waals surface area contributed by atoms with Gasteiger partial charge >= 0.3 is 0 Å². The molecule has 1 rings (SSSR count). The molecule has 0 aromatic heterocycles. The first-order chi connectivity index (χ1) is 9.42. The van der Waals surface area contributed by atoms with Crippen LogP contribution in [0.4, 0.5) is 0 Å². The maximum atomic E-state index is 5.44. The fourth-order valence-electron chi connectivity index (χ4n) is 2.51. The Morgan fingerprint density at radius 1 is 1.05 bits per heavy atom. The Balaban J connectivity index is 2.72. The number of hydrogen-bond acceptors (Lipinski definition) is 3. The van der Waals surface area contributed by atoms with Gasteiger partial charge in [0.2, 0.25) is 0 Å². The van der Waals surface area contributed by atoms with Gasteiger partial charge in [-0.1, -0.05) is 26.0 Å². The van der Waals surface area contributed by atoms with E-state index >= 15 is 0 Å². The van der Waals surface area contributed by atoms with Gasteiger partial charge in [-0.25, -0.2) is 0 Å². The molecule has 3 nitrogen and oxygen atoms in total. The van der Waals surface area contributed by atoms with Crippen LogP contribution in [0, 0.1) is 13.8 Å². The van der Waals surface area contributed by atoms with E-state index in [4.69, 9.17) is 9.47 Å². The van der Waals surface area contributed by atoms with Crippen molar-refractivity contribution in [3.05, 3.63) is 28.8 Å². The Hall–Kier alpha value is -1.06. The van der Waals surface area contributed by atoms with E-state index in [9.17, 15) is 0 Å². The van der Waals surface area contributed by atoms with Gasteiger partial charge in [-0.3, -0.25) is 0 Å². The monoisotopic (exact) mass is 279 g/mol. The highest BCUT2D eigenvalue weighted by Crippen LogP contribution is 2.32. The first kappa shape index (κ1) is 17.0. The van der Waals surface area contributed by atoms with Crippen LogP contribution in [-0.2, 0) is 10.2 Å². The van der Waals surface area contributed by atoms with Gasteiger partial charge in [0.15, 0.2) is 0 Å². The summed E-state index contributed by atoms with van der Waals surface area (Å²) in [7, 11) is 3.47. The Labute approximate surface area is 123 Å². The van der Waals surface area contributed by atoms with Crippen LogP contribution in [0.25, 0.3) is 0 Å². The van der Waals surface area contributed by atoms with Gasteiger partial charge in [-0.15, -0.1) is 0 Å². The number of aryl methyl sites for hydroxylation is 2. The molecule has 1 aromatic carbocycles. The minimum atomic E-state index is 0.155. The number of hydrogen-bond donors (Lipinski definition) is 1. The Bertz CT molecular complexity index is 404. The van der Waals surface area contributed by atoms with Crippen LogP contribution in [-0.4, -0.2) is 33.9 Å². The molecule has 0 saturated carbocycles. The van der Waals surface area contributed by atoms with E-state index in [-0.39, 0.29) is 5.41 Å². The zero-order valence-electron chi connectivity index (χ0n) is 13.8. The molecule has 0 fully saturated rings. The predicted octanol–water partition coefficient (Wildman–Crippen LogP) is 3.22. The van der Waals surface area contributed by atoms with Crippen LogP contribution in [0.2, 0.25) is 0 Å². The minimum Gasteiger partial charge on any atom is -0.496 e. The third kappa shape index (κ3) is 4.50. The Morgan fingerprint density at radius 2 is 1.65 bits per heavy atom. The van der Waals surface area contributed by atoms with Crippen molar-refractivity contribution in [3.8, 4) is 5.75 Å². The van der Waals surface area contributed by atoms with Crippen LogP contribution in [0.3, 0.4) is 0 Å². The SMILES string of the molecule is COCCNCCC(C)(C)c1cc(C)c(OC)c(C)c1. The molecule has 3 heteroatoms. The lowest BCUT2D eigenvalue weighted by Crippen LogP contribution is -2.27. The van der Waals surface area contributed by atoms with Gasteiger partial charge in [0.1, 0.15) is 5.75 Å². The molecule has 0 radical (unpaired) electrons. The highest BCUT2D eigenvalue weighted by molar-refractivity contribution is 5.45. The number of benzene rings is 1. The summed E-state index contributed by atoms with van der Waals surface area (Å²) < 4.78 is 10.5. The molecule has 0 saturated heterocycles. The molecule has 0 bridgehead atoms. The van der Waals surface area contributed by atoms with Crippen LogP contribution in [0.15, 0.2) is 12.1 Å². The second-order valence-corrected chi connectivity index (χ2v) is 6.02. The smallest absolute Gasteiger partial charge is 0.124 e. The molecular weight excluding hydrogens is 250 g/mol. The average molecular weight is 279 g/mol. The molecule has 20 heavy (non-hydrogen) atoms. The molecule has 0 amide bonds. The van der Waals surface area contributed by atoms with Crippen LogP contribution in [0.1, 0.15) is 37.0 Å². The molecule has 0 unspecified atom stereocenters. The number of rotatable bonds is 8. The van der Waals surface area contributed by atoms with Gasteiger partial charge in [0.05, 0.1) is 13.7 Å². The summed E-state index contributed by atoms with van der Waals surface area (Å²) in [5, 5.41) is 3.41. The number of nitrogens with one attached hydrogen (secondary N) is 1. The summed E-state index contributed by atoms with van der Waals surface area (Å²) in [6.07, 6.45) is 1.10. The topological polar surface area (TPSA) is 30.5 Å². The van der Waals surface area contributed by atoms with Crippen molar-refractivity contribution < 1.29 is 9.47 Å². The Morgan fingerprint density at radius 3 is 2.15 bits per heavy atom. The van der Waals surface area contributed by atoms with Crippen molar-refractivity contribution in [1.82, 2.24) is 5.32 Å². The quantitative estimate of drug-likeness (QED) is 0.741. The van der Waals surface area contributed by atoms with Crippen molar-refractivity contribution in [2.24, 2.45) is 0 Å². The maximum absolute atomic E-state index is 5.44. The van der Waals surface area contributed by atoms with Gasteiger partial charge in [0, 0.05) is 13.7 Å². The van der Waals surface area contributed by atoms with Crippen molar-refractivity contribution >= 4 is 0 Å². The summed E-state index contributed by atoms with van der Waals surface area (Å²) >= 11 is 0. The average Bonchev–Trinajstić information content (AvgIpc) is 2.38. The van der Waals surface area contributed by atoms with Gasteiger partial charge < -0.3 is 14.8 Å². The van der Waals surface area contributed by atoms with E-state index in [0.717, 1.165) is 31.9 Å². The van der Waals surface area contributed by atoms with Crippen molar-refractivity contribution in [1.29, 1.82) is 0 Å². The Kier molecular flexibility index (Phi) is 6.50. The zero-order valence-corrected chi connectivity index (χ0v) is 13.8. The second-order valence-electron chi connectivity index (χ2n) is 6.02. The van der Waals surface area contributed by atoms with E-state index in [1.54, 1.807) is 14.2 Å². The molecular formula is C17H29NO2. The summed E-state index contributed by atoms with van der Waals surface area (Å²) in [5.74, 6) is 1.00. The summed E-state index contributed by atoms with van der Waals surface area (Å²) in [6, 6.07) is 4.50. The van der Waals surface area contributed by atoms with E-state index in [1.165, 1.54) is 16.7 Å². The van der Waals surface area contributed by atoms with Crippen LogP contribution in [0.5, 0.6) is 5.75 Å². The van der Waals surface area contributed by atoms with Crippen molar-refractivity contribution in [3.63, 3.8) is 0 Å². The fourth-order valence-corrected chi connectivity index (χ4v) is 2.51. The molecule has 1 N–H and O–H groups in total. The van der Waals surface area contributed by atoms with Gasteiger partial charge in [-0.2, -0.15) is 0 Å². The third-order valence-electron chi connectivity index (χ3n) is 3.86. The third-order valence-corrected chi connectivity index (χ3v) is 3.86. The first-order valence-electron chi connectivity index (χ1n) is 7.27. The zero-order chi connectivity index (χ0) is 15.2. The largest absolute Gasteiger partial charge is 0.496 e. The van der Waals surface area contributed by atoms with E-state index in [1.807, 2.05) is 0 Å². The predicted molar refractivity (Wildman–Crippen MR) is 84.9 cm³/mol. The lowest BCUT2D eigenvalue weighted by atomic mass is 9.80. The normalized spacial score (nSPS) is 11.7. The lowest BCUT2D eigenvalue weighted by Gasteiger charge is -2.27. The first-order valence-corrected chi connectivity index (χ1v) is 7.27. The highest BCUT2D eigenvalue weighted by atomic mass is 16.5.